The maximum absolute atomic E-state index is 6.00. The Morgan fingerprint density at radius 2 is 2.33 bits per heavy atom. The second kappa shape index (κ2) is 3.39. The van der Waals surface area contributed by atoms with E-state index in [1.54, 1.807) is 0 Å². The van der Waals surface area contributed by atoms with Gasteiger partial charge in [0, 0.05) is 10.2 Å². The highest BCUT2D eigenvalue weighted by atomic mass is 35.5. The van der Waals surface area contributed by atoms with E-state index in [0.717, 1.165) is 22.0 Å². The molecule has 0 saturated heterocycles. The third-order valence-corrected chi connectivity index (χ3v) is 3.08. The van der Waals surface area contributed by atoms with Crippen molar-refractivity contribution < 1.29 is 0 Å². The van der Waals surface area contributed by atoms with E-state index in [1.807, 2.05) is 13.8 Å². The normalized spacial score (nSPS) is 17.2. The van der Waals surface area contributed by atoms with Crippen molar-refractivity contribution in [2.75, 3.05) is 6.54 Å². The minimum Gasteiger partial charge on any atom is -0.296 e. The summed E-state index contributed by atoms with van der Waals surface area (Å²) in [6.45, 7) is 8.67. The van der Waals surface area contributed by atoms with Gasteiger partial charge >= 0.3 is 0 Å². The van der Waals surface area contributed by atoms with Crippen molar-refractivity contribution in [3.63, 3.8) is 0 Å². The Morgan fingerprint density at radius 3 is 2.44 bits per heavy atom. The summed E-state index contributed by atoms with van der Waals surface area (Å²) < 4.78 is 0. The molecule has 0 aliphatic rings. The molecule has 0 aromatic carbocycles. The topological polar surface area (TPSA) is 12.0 Å². The molecule has 1 atom stereocenters. The number of nitrogens with one attached hydrogen (secondary N) is 1. The summed E-state index contributed by atoms with van der Waals surface area (Å²) in [5.41, 5.74) is 0. The van der Waals surface area contributed by atoms with Gasteiger partial charge in [0.05, 0.1) is 0 Å². The van der Waals surface area contributed by atoms with Crippen molar-refractivity contribution >= 4 is 21.8 Å². The molecular weight excluding hydrogens is 150 g/mol. The monoisotopic (exact) mass is 163 g/mol. The Bertz CT molecular complexity index is 112. The molecule has 0 heterocycles. The van der Waals surface area contributed by atoms with E-state index in [-0.39, 0.29) is 5.00 Å². The fourth-order valence-electron chi connectivity index (χ4n) is 0.483. The molecule has 0 aromatic rings. The maximum atomic E-state index is 6.00. The first-order chi connectivity index (χ1) is 4.00. The van der Waals surface area contributed by atoms with Crippen molar-refractivity contribution in [3.05, 3.63) is 11.8 Å². The van der Waals surface area contributed by atoms with Crippen LogP contribution in [0.3, 0.4) is 0 Å². The minimum absolute atomic E-state index is 0.360. The first-order valence-corrected chi connectivity index (χ1v) is 4.48. The van der Waals surface area contributed by atoms with Gasteiger partial charge in [0.1, 0.15) is 5.00 Å². The van der Waals surface area contributed by atoms with Crippen LogP contribution in [-0.2, 0) is 0 Å². The van der Waals surface area contributed by atoms with Crippen LogP contribution in [0.15, 0.2) is 11.8 Å². The lowest BCUT2D eigenvalue weighted by Gasteiger charge is -2.22. The number of alkyl halides is 1. The molecule has 0 fully saturated rings. The van der Waals surface area contributed by atoms with Gasteiger partial charge in [0.2, 0.25) is 0 Å². The second-order valence-electron chi connectivity index (χ2n) is 2.31. The highest BCUT2D eigenvalue weighted by molar-refractivity contribution is 6.34. The van der Waals surface area contributed by atoms with Crippen LogP contribution >= 0.6 is 11.6 Å². The van der Waals surface area contributed by atoms with Crippen LogP contribution < -0.4 is 5.32 Å². The largest absolute Gasteiger partial charge is 0.296 e. The zero-order valence-corrected chi connectivity index (χ0v) is 9.05. The third kappa shape index (κ3) is 3.03. The molecule has 1 N–H and O–H groups in total. The maximum Gasteiger partial charge on any atom is 0.107 e. The Labute approximate surface area is 64.9 Å². The molecule has 54 valence electrons. The van der Waals surface area contributed by atoms with Crippen LogP contribution in [0.2, 0.25) is 0 Å². The zero-order chi connectivity index (χ0) is 7.49. The van der Waals surface area contributed by atoms with Crippen molar-refractivity contribution in [1.82, 2.24) is 5.32 Å². The number of likely N-dealkylation sites (N-methyl/N-ethyl adjacent to an activating group) is 1. The van der Waals surface area contributed by atoms with E-state index < -0.39 is 0 Å². The van der Waals surface area contributed by atoms with Gasteiger partial charge in [-0.2, -0.15) is 0 Å². The fourth-order valence-corrected chi connectivity index (χ4v) is 0.793. The van der Waals surface area contributed by atoms with E-state index in [2.05, 4.69) is 11.9 Å². The Hall–Kier alpha value is 0.207. The van der Waals surface area contributed by atoms with Gasteiger partial charge in [0.25, 0.3) is 0 Å². The first-order valence-electron chi connectivity index (χ1n) is 3.10. The molecule has 0 aliphatic carbocycles. The molecule has 0 aromatic heterocycles. The predicted molar refractivity (Wildman–Crippen MR) is 47.0 cm³/mol. The van der Waals surface area contributed by atoms with E-state index in [0.29, 0.717) is 0 Å². The summed E-state index contributed by atoms with van der Waals surface area (Å²) in [6, 6.07) is 0. The summed E-state index contributed by atoms with van der Waals surface area (Å²) in [4.78, 5) is -0.360. The average Bonchev–Trinajstić information content (AvgIpc) is 1.65. The molecule has 0 rings (SSSR count). The van der Waals surface area contributed by atoms with Gasteiger partial charge in [-0.3, -0.25) is 5.32 Å². The van der Waals surface area contributed by atoms with Gasteiger partial charge < -0.3 is 0 Å². The molecule has 3 heteroatoms. The lowest BCUT2D eigenvalue weighted by atomic mass is 10.3. The quantitative estimate of drug-likeness (QED) is 0.362. The van der Waals surface area contributed by atoms with E-state index in [9.17, 15) is 0 Å². The van der Waals surface area contributed by atoms with E-state index in [4.69, 9.17) is 11.6 Å². The molecule has 0 amide bonds. The van der Waals surface area contributed by atoms with Crippen LogP contribution in [-0.4, -0.2) is 21.8 Å². The van der Waals surface area contributed by atoms with Crippen LogP contribution in [0.4, 0.5) is 0 Å². The van der Waals surface area contributed by atoms with Crippen LogP contribution in [0.5, 0.6) is 0 Å². The highest BCUT2D eigenvalue weighted by Gasteiger charge is 2.18. The lowest BCUT2D eigenvalue weighted by Crippen LogP contribution is -2.38. The lowest BCUT2D eigenvalue weighted by molar-refractivity contribution is 0.594. The van der Waals surface area contributed by atoms with Gasteiger partial charge in [-0.25, -0.2) is 0 Å². The van der Waals surface area contributed by atoms with Gasteiger partial charge in [0.15, 0.2) is 0 Å². The molecule has 0 radical (unpaired) electrons. The molecule has 0 saturated carbocycles. The highest BCUT2D eigenvalue weighted by Crippen LogP contribution is 2.15. The van der Waals surface area contributed by atoms with Crippen molar-refractivity contribution in [2.24, 2.45) is 0 Å². The predicted octanol–water partition coefficient (Wildman–Crippen LogP) is 0.430. The Kier molecular flexibility index (Phi) is 3.47. The fraction of sp³-hybridized carbons (Fsp3) is 0.667. The average molecular weight is 164 g/mol. The third-order valence-electron chi connectivity index (χ3n) is 1.31. The summed E-state index contributed by atoms with van der Waals surface area (Å²) in [5.74, 6) is 0. The number of rotatable bonds is 3. The molecule has 1 unspecified atom stereocenters. The van der Waals surface area contributed by atoms with E-state index >= 15 is 0 Å². The molecule has 0 spiro atoms. The van der Waals surface area contributed by atoms with Crippen LogP contribution in [0.1, 0.15) is 13.8 Å². The number of hydrogen-bond acceptors (Lipinski definition) is 1. The standard InChI is InChI=1S/C6H14ClNSi/c1-4-8-6(3,7)5(2)9/h8H,2,4H2,1,3,9H3. The van der Waals surface area contributed by atoms with Gasteiger partial charge in [-0.1, -0.05) is 23.7 Å². The van der Waals surface area contributed by atoms with Crippen molar-refractivity contribution in [3.8, 4) is 0 Å². The van der Waals surface area contributed by atoms with Crippen LogP contribution in [0.25, 0.3) is 0 Å². The smallest absolute Gasteiger partial charge is 0.107 e. The van der Waals surface area contributed by atoms with Gasteiger partial charge in [-0.15, -0.1) is 6.58 Å². The van der Waals surface area contributed by atoms with Crippen molar-refractivity contribution in [2.45, 2.75) is 18.8 Å². The molecule has 0 aliphatic heterocycles. The Balaban J connectivity index is 3.85. The van der Waals surface area contributed by atoms with Crippen LogP contribution in [0, 0.1) is 0 Å². The summed E-state index contributed by atoms with van der Waals surface area (Å²) in [5, 5.41) is 4.21. The number of halogens is 1. The summed E-state index contributed by atoms with van der Waals surface area (Å²) in [6.07, 6.45) is 0. The SMILES string of the molecule is C=C([SiH3])C(C)(Cl)NCC. The van der Waals surface area contributed by atoms with Gasteiger partial charge in [-0.05, 0) is 13.5 Å². The zero-order valence-electron chi connectivity index (χ0n) is 6.29. The van der Waals surface area contributed by atoms with Crippen molar-refractivity contribution in [1.29, 1.82) is 0 Å². The number of hydrogen-bond donors (Lipinski definition) is 1. The Morgan fingerprint density at radius 1 is 1.89 bits per heavy atom. The molecule has 0 bridgehead atoms. The first kappa shape index (κ1) is 9.21. The summed E-state index contributed by atoms with van der Waals surface area (Å²) in [7, 11) is 0.953. The minimum atomic E-state index is -0.360. The van der Waals surface area contributed by atoms with E-state index in [1.165, 1.54) is 0 Å². The molecule has 1 nitrogen and oxygen atoms in total. The molecule has 9 heavy (non-hydrogen) atoms. The summed E-state index contributed by atoms with van der Waals surface area (Å²) >= 11 is 6.00. The second-order valence-corrected chi connectivity index (χ2v) is 4.28. The molecular formula is C6H14ClNSi.